The molecule has 1 atom stereocenters. The summed E-state index contributed by atoms with van der Waals surface area (Å²) in [6, 6.07) is 5.23. The lowest BCUT2D eigenvalue weighted by atomic mass is 10.0. The number of rotatable bonds is 3. The van der Waals surface area contributed by atoms with E-state index in [1.165, 1.54) is 0 Å². The summed E-state index contributed by atoms with van der Waals surface area (Å²) in [5.74, 6) is 0.710. The molecule has 1 unspecified atom stereocenters. The van der Waals surface area contributed by atoms with Gasteiger partial charge in [0, 0.05) is 16.6 Å². The summed E-state index contributed by atoms with van der Waals surface area (Å²) in [4.78, 5) is 0. The highest BCUT2D eigenvalue weighted by molar-refractivity contribution is 6.30. The van der Waals surface area contributed by atoms with Gasteiger partial charge in [-0.2, -0.15) is 5.26 Å². The maximum atomic E-state index is 8.60. The molecule has 1 aromatic carbocycles. The monoisotopic (exact) mass is 224 g/mol. The molecule has 1 rings (SSSR count). The second-order valence-corrected chi connectivity index (χ2v) is 3.75. The molecule has 0 spiro atoms. The minimum atomic E-state index is -0.359. The van der Waals surface area contributed by atoms with Crippen LogP contribution in [-0.2, 0) is 0 Å². The molecule has 0 aliphatic carbocycles. The molecule has 0 saturated carbocycles. The second kappa shape index (κ2) is 5.01. The van der Waals surface area contributed by atoms with Gasteiger partial charge < -0.3 is 10.5 Å². The number of nitriles is 1. The second-order valence-electron chi connectivity index (χ2n) is 3.31. The molecule has 0 radical (unpaired) electrons. The summed E-state index contributed by atoms with van der Waals surface area (Å²) < 4.78 is 5.25. The van der Waals surface area contributed by atoms with Crippen LogP contribution in [0.5, 0.6) is 5.75 Å². The van der Waals surface area contributed by atoms with E-state index in [1.54, 1.807) is 13.2 Å². The van der Waals surface area contributed by atoms with Crippen molar-refractivity contribution in [2.75, 3.05) is 7.11 Å². The summed E-state index contributed by atoms with van der Waals surface area (Å²) in [6.45, 7) is 1.90. The van der Waals surface area contributed by atoms with E-state index in [0.717, 1.165) is 11.1 Å². The van der Waals surface area contributed by atoms with Crippen molar-refractivity contribution in [2.24, 2.45) is 5.73 Å². The van der Waals surface area contributed by atoms with Crippen LogP contribution in [0, 0.1) is 18.3 Å². The SMILES string of the molecule is COc1c(C)cc(Cl)cc1C(N)CC#N. The van der Waals surface area contributed by atoms with Crippen molar-refractivity contribution in [3.05, 3.63) is 28.3 Å². The number of hydrogen-bond acceptors (Lipinski definition) is 3. The van der Waals surface area contributed by atoms with Gasteiger partial charge in [-0.25, -0.2) is 0 Å². The maximum absolute atomic E-state index is 8.60. The largest absolute Gasteiger partial charge is 0.496 e. The fourth-order valence-corrected chi connectivity index (χ4v) is 1.80. The number of hydrogen-bond donors (Lipinski definition) is 1. The van der Waals surface area contributed by atoms with E-state index >= 15 is 0 Å². The average Bonchev–Trinajstić information content (AvgIpc) is 2.17. The predicted molar refractivity (Wildman–Crippen MR) is 59.9 cm³/mol. The molecule has 1 aromatic rings. The molecule has 0 aromatic heterocycles. The zero-order chi connectivity index (χ0) is 11.4. The molecular formula is C11H13ClN2O. The van der Waals surface area contributed by atoms with Gasteiger partial charge in [-0.15, -0.1) is 0 Å². The van der Waals surface area contributed by atoms with Gasteiger partial charge in [0.2, 0.25) is 0 Å². The van der Waals surface area contributed by atoms with Gasteiger partial charge in [0.05, 0.1) is 19.6 Å². The van der Waals surface area contributed by atoms with Crippen LogP contribution in [0.25, 0.3) is 0 Å². The van der Waals surface area contributed by atoms with Gasteiger partial charge >= 0.3 is 0 Å². The number of halogens is 1. The molecule has 2 N–H and O–H groups in total. The van der Waals surface area contributed by atoms with Crippen LogP contribution in [-0.4, -0.2) is 7.11 Å². The van der Waals surface area contributed by atoms with Crippen molar-refractivity contribution in [3.63, 3.8) is 0 Å². The highest BCUT2D eigenvalue weighted by Crippen LogP contribution is 2.32. The summed E-state index contributed by atoms with van der Waals surface area (Å²) in [5.41, 5.74) is 7.56. The van der Waals surface area contributed by atoms with E-state index in [-0.39, 0.29) is 12.5 Å². The number of nitrogens with zero attached hydrogens (tertiary/aromatic N) is 1. The molecule has 0 saturated heterocycles. The molecule has 0 fully saturated rings. The van der Waals surface area contributed by atoms with Crippen LogP contribution in [0.4, 0.5) is 0 Å². The Morgan fingerprint density at radius 3 is 2.80 bits per heavy atom. The predicted octanol–water partition coefficient (Wildman–Crippen LogP) is 2.57. The maximum Gasteiger partial charge on any atom is 0.126 e. The molecule has 4 heteroatoms. The Bertz CT molecular complexity index is 398. The normalized spacial score (nSPS) is 11.9. The fraction of sp³-hybridized carbons (Fsp3) is 0.364. The van der Waals surface area contributed by atoms with E-state index in [4.69, 9.17) is 27.3 Å². The van der Waals surface area contributed by atoms with Gasteiger partial charge in [-0.05, 0) is 24.6 Å². The Hall–Kier alpha value is -1.24. The molecular weight excluding hydrogens is 212 g/mol. The molecule has 0 bridgehead atoms. The van der Waals surface area contributed by atoms with Gasteiger partial charge in [-0.3, -0.25) is 0 Å². The zero-order valence-electron chi connectivity index (χ0n) is 8.75. The Morgan fingerprint density at radius 1 is 1.60 bits per heavy atom. The number of aryl methyl sites for hydroxylation is 1. The molecule has 0 heterocycles. The van der Waals surface area contributed by atoms with Crippen LogP contribution < -0.4 is 10.5 Å². The van der Waals surface area contributed by atoms with E-state index in [0.29, 0.717) is 10.8 Å². The first-order chi connectivity index (χ1) is 7.10. The van der Waals surface area contributed by atoms with Crippen LogP contribution in [0.15, 0.2) is 12.1 Å². The van der Waals surface area contributed by atoms with E-state index in [9.17, 15) is 0 Å². The van der Waals surface area contributed by atoms with Crippen LogP contribution in [0.3, 0.4) is 0 Å². The molecule has 15 heavy (non-hydrogen) atoms. The lowest BCUT2D eigenvalue weighted by Gasteiger charge is -2.15. The average molecular weight is 225 g/mol. The first-order valence-electron chi connectivity index (χ1n) is 4.56. The summed E-state index contributed by atoms with van der Waals surface area (Å²) in [6.07, 6.45) is 0.246. The lowest BCUT2D eigenvalue weighted by molar-refractivity contribution is 0.403. The van der Waals surface area contributed by atoms with Gasteiger partial charge in [0.25, 0.3) is 0 Å². The minimum absolute atomic E-state index is 0.246. The van der Waals surface area contributed by atoms with Crippen LogP contribution in [0.1, 0.15) is 23.6 Å². The standard InChI is InChI=1S/C11H13ClN2O/c1-7-5-8(12)6-9(11(7)15-2)10(14)3-4-13/h5-6,10H,3,14H2,1-2H3. The van der Waals surface area contributed by atoms with Crippen LogP contribution in [0.2, 0.25) is 5.02 Å². The zero-order valence-corrected chi connectivity index (χ0v) is 9.51. The Morgan fingerprint density at radius 2 is 2.27 bits per heavy atom. The lowest BCUT2D eigenvalue weighted by Crippen LogP contribution is -2.11. The number of nitrogens with two attached hydrogens (primary N) is 1. The summed E-state index contributed by atoms with van der Waals surface area (Å²) >= 11 is 5.93. The van der Waals surface area contributed by atoms with Crippen molar-refractivity contribution in [2.45, 2.75) is 19.4 Å². The first kappa shape index (κ1) is 11.8. The van der Waals surface area contributed by atoms with Crippen molar-refractivity contribution in [1.82, 2.24) is 0 Å². The van der Waals surface area contributed by atoms with Gasteiger partial charge in [0.15, 0.2) is 0 Å². The number of benzene rings is 1. The highest BCUT2D eigenvalue weighted by atomic mass is 35.5. The molecule has 0 amide bonds. The third kappa shape index (κ3) is 2.62. The van der Waals surface area contributed by atoms with E-state index in [2.05, 4.69) is 0 Å². The third-order valence-corrected chi connectivity index (χ3v) is 2.40. The first-order valence-corrected chi connectivity index (χ1v) is 4.94. The fourth-order valence-electron chi connectivity index (χ4n) is 1.52. The smallest absolute Gasteiger partial charge is 0.126 e. The number of ether oxygens (including phenoxy) is 1. The van der Waals surface area contributed by atoms with Crippen molar-refractivity contribution < 1.29 is 4.74 Å². The van der Waals surface area contributed by atoms with Gasteiger partial charge in [0.1, 0.15) is 5.75 Å². The summed E-state index contributed by atoms with van der Waals surface area (Å²) in [5, 5.41) is 9.20. The highest BCUT2D eigenvalue weighted by Gasteiger charge is 2.14. The van der Waals surface area contributed by atoms with E-state index in [1.807, 2.05) is 19.1 Å². The summed E-state index contributed by atoms with van der Waals surface area (Å²) in [7, 11) is 1.58. The Kier molecular flexibility index (Phi) is 3.96. The Labute approximate surface area is 94.4 Å². The van der Waals surface area contributed by atoms with E-state index < -0.39 is 0 Å². The molecule has 80 valence electrons. The Balaban J connectivity index is 3.20. The number of methoxy groups -OCH3 is 1. The minimum Gasteiger partial charge on any atom is -0.496 e. The topological polar surface area (TPSA) is 59.0 Å². The third-order valence-electron chi connectivity index (χ3n) is 2.18. The molecule has 0 aliphatic heterocycles. The molecule has 3 nitrogen and oxygen atoms in total. The van der Waals surface area contributed by atoms with Gasteiger partial charge in [-0.1, -0.05) is 11.6 Å². The molecule has 0 aliphatic rings. The van der Waals surface area contributed by atoms with Crippen molar-refractivity contribution in [1.29, 1.82) is 5.26 Å². The van der Waals surface area contributed by atoms with Crippen molar-refractivity contribution >= 4 is 11.6 Å². The van der Waals surface area contributed by atoms with Crippen molar-refractivity contribution in [3.8, 4) is 11.8 Å². The quantitative estimate of drug-likeness (QED) is 0.859. The van der Waals surface area contributed by atoms with Crippen LogP contribution >= 0.6 is 11.6 Å².